The minimum atomic E-state index is -0.307. The van der Waals surface area contributed by atoms with Gasteiger partial charge in [-0.1, -0.05) is 6.92 Å². The number of β-amino-alcohol motifs (C(OH)–C–C–N with tert-alkyl or cyclic N) is 1. The zero-order valence-electron chi connectivity index (χ0n) is 14.2. The molecule has 22 heavy (non-hydrogen) atoms. The second-order valence-electron chi connectivity index (χ2n) is 9.07. The molecule has 1 N–H and O–H groups in total. The van der Waals surface area contributed by atoms with E-state index in [1.165, 1.54) is 51.4 Å². The van der Waals surface area contributed by atoms with E-state index in [0.717, 1.165) is 43.3 Å². The summed E-state index contributed by atoms with van der Waals surface area (Å²) < 4.78 is 6.40. The predicted molar refractivity (Wildman–Crippen MR) is 87.7 cm³/mol. The molecule has 3 nitrogen and oxygen atoms in total. The van der Waals surface area contributed by atoms with Crippen molar-refractivity contribution < 1.29 is 9.84 Å². The van der Waals surface area contributed by atoms with Gasteiger partial charge in [-0.2, -0.15) is 0 Å². The normalized spacial score (nSPS) is 46.1. The van der Waals surface area contributed by atoms with Gasteiger partial charge < -0.3 is 14.7 Å². The summed E-state index contributed by atoms with van der Waals surface area (Å²) in [6.07, 6.45) is 10.5. The highest BCUT2D eigenvalue weighted by molar-refractivity contribution is 5.03. The summed E-state index contributed by atoms with van der Waals surface area (Å²) >= 11 is 0. The average Bonchev–Trinajstić information content (AvgIpc) is 2.44. The third-order valence-electron chi connectivity index (χ3n) is 6.77. The van der Waals surface area contributed by atoms with Crippen LogP contribution in [0.25, 0.3) is 0 Å². The summed E-state index contributed by atoms with van der Waals surface area (Å²) in [5.74, 6) is 3.55. The van der Waals surface area contributed by atoms with Crippen LogP contribution in [-0.4, -0.2) is 48.0 Å². The molecule has 0 aromatic rings. The van der Waals surface area contributed by atoms with Gasteiger partial charge in [0.05, 0.1) is 18.3 Å². The van der Waals surface area contributed by atoms with Crippen molar-refractivity contribution in [2.75, 3.05) is 26.2 Å². The Bertz CT molecular complexity index is 362. The minimum Gasteiger partial charge on any atom is -0.389 e. The predicted octanol–water partition coefficient (Wildman–Crippen LogP) is 3.06. The quantitative estimate of drug-likeness (QED) is 0.847. The Morgan fingerprint density at radius 1 is 1.14 bits per heavy atom. The third kappa shape index (κ3) is 3.22. The van der Waals surface area contributed by atoms with Crippen molar-refractivity contribution in [3.8, 4) is 0 Å². The standard InChI is InChI=1S/C19H33NO2/c1-14-3-2-4-20(11-14)12-18(21)13-22-19-8-15-5-16(9-19)7-17(6-15)10-19/h14-18,21H,2-13H2,1H3/t14-,15?,16?,17?,18+,19?/m1/s1. The van der Waals surface area contributed by atoms with Gasteiger partial charge in [0.1, 0.15) is 0 Å². The van der Waals surface area contributed by atoms with Crippen molar-refractivity contribution >= 4 is 0 Å². The number of hydrogen-bond donors (Lipinski definition) is 1. The topological polar surface area (TPSA) is 32.7 Å². The third-order valence-corrected chi connectivity index (χ3v) is 6.77. The molecule has 0 unspecified atom stereocenters. The van der Waals surface area contributed by atoms with E-state index in [9.17, 15) is 5.11 Å². The van der Waals surface area contributed by atoms with E-state index in [0.29, 0.717) is 6.61 Å². The van der Waals surface area contributed by atoms with Crippen LogP contribution in [-0.2, 0) is 4.74 Å². The molecule has 126 valence electrons. The van der Waals surface area contributed by atoms with Crippen LogP contribution in [0.4, 0.5) is 0 Å². The minimum absolute atomic E-state index is 0.144. The fourth-order valence-electron chi connectivity index (χ4n) is 6.28. The molecule has 5 aliphatic rings. The molecule has 0 aromatic heterocycles. The highest BCUT2D eigenvalue weighted by atomic mass is 16.5. The number of hydrogen-bond acceptors (Lipinski definition) is 3. The van der Waals surface area contributed by atoms with E-state index in [4.69, 9.17) is 4.74 Å². The smallest absolute Gasteiger partial charge is 0.0900 e. The number of piperidine rings is 1. The number of aliphatic hydroxyl groups is 1. The fraction of sp³-hybridized carbons (Fsp3) is 1.00. The highest BCUT2D eigenvalue weighted by Gasteiger charge is 2.51. The molecule has 0 amide bonds. The van der Waals surface area contributed by atoms with Gasteiger partial charge in [-0.25, -0.2) is 0 Å². The van der Waals surface area contributed by atoms with E-state index < -0.39 is 0 Å². The van der Waals surface area contributed by atoms with Crippen molar-refractivity contribution in [3.05, 3.63) is 0 Å². The van der Waals surface area contributed by atoms with Crippen LogP contribution in [0.2, 0.25) is 0 Å². The maximum Gasteiger partial charge on any atom is 0.0900 e. The molecule has 3 heteroatoms. The summed E-state index contributed by atoms with van der Waals surface area (Å²) in [5, 5.41) is 10.4. The van der Waals surface area contributed by atoms with Crippen LogP contribution in [0.15, 0.2) is 0 Å². The van der Waals surface area contributed by atoms with Crippen molar-refractivity contribution in [2.24, 2.45) is 23.7 Å². The van der Waals surface area contributed by atoms with Crippen LogP contribution in [0.1, 0.15) is 58.3 Å². The molecular formula is C19H33NO2. The average molecular weight is 307 g/mol. The number of ether oxygens (including phenoxy) is 1. The number of likely N-dealkylation sites (tertiary alicyclic amines) is 1. The van der Waals surface area contributed by atoms with Gasteiger partial charge in [0.15, 0.2) is 0 Å². The Morgan fingerprint density at radius 2 is 1.77 bits per heavy atom. The second kappa shape index (κ2) is 6.07. The summed E-state index contributed by atoms with van der Waals surface area (Å²) in [5.41, 5.74) is 0.144. The monoisotopic (exact) mass is 307 g/mol. The van der Waals surface area contributed by atoms with Gasteiger partial charge >= 0.3 is 0 Å². The molecule has 4 aliphatic carbocycles. The Kier molecular flexibility index (Phi) is 4.25. The molecule has 2 atom stereocenters. The molecule has 1 heterocycles. The molecule has 1 aliphatic heterocycles. The molecule has 4 bridgehead atoms. The zero-order valence-corrected chi connectivity index (χ0v) is 14.2. The van der Waals surface area contributed by atoms with E-state index >= 15 is 0 Å². The van der Waals surface area contributed by atoms with Crippen LogP contribution >= 0.6 is 0 Å². The maximum atomic E-state index is 10.4. The first-order chi connectivity index (χ1) is 10.6. The maximum absolute atomic E-state index is 10.4. The summed E-state index contributed by atoms with van der Waals surface area (Å²) in [6, 6.07) is 0. The van der Waals surface area contributed by atoms with Crippen LogP contribution in [0, 0.1) is 23.7 Å². The Labute approximate surface area is 135 Å². The van der Waals surface area contributed by atoms with Crippen molar-refractivity contribution in [1.29, 1.82) is 0 Å². The van der Waals surface area contributed by atoms with Crippen molar-refractivity contribution in [1.82, 2.24) is 4.90 Å². The lowest BCUT2D eigenvalue weighted by Gasteiger charge is -2.56. The Balaban J connectivity index is 1.27. The molecule has 4 saturated carbocycles. The van der Waals surface area contributed by atoms with Gasteiger partial charge in [-0.15, -0.1) is 0 Å². The summed E-state index contributed by atoms with van der Waals surface area (Å²) in [4.78, 5) is 2.43. The first-order valence-corrected chi connectivity index (χ1v) is 9.64. The van der Waals surface area contributed by atoms with Gasteiger partial charge in [-0.3, -0.25) is 0 Å². The molecular weight excluding hydrogens is 274 g/mol. The first kappa shape index (κ1) is 15.4. The van der Waals surface area contributed by atoms with Gasteiger partial charge in [0.25, 0.3) is 0 Å². The van der Waals surface area contributed by atoms with E-state index in [1.807, 2.05) is 0 Å². The number of aliphatic hydroxyl groups excluding tert-OH is 1. The van der Waals surface area contributed by atoms with Gasteiger partial charge in [0.2, 0.25) is 0 Å². The number of rotatable bonds is 5. The Morgan fingerprint density at radius 3 is 2.36 bits per heavy atom. The van der Waals surface area contributed by atoms with Crippen molar-refractivity contribution in [3.63, 3.8) is 0 Å². The lowest BCUT2D eigenvalue weighted by atomic mass is 9.54. The van der Waals surface area contributed by atoms with Gasteiger partial charge in [0, 0.05) is 13.1 Å². The molecule has 0 radical (unpaired) electrons. The van der Waals surface area contributed by atoms with Gasteiger partial charge in [-0.05, 0) is 81.6 Å². The van der Waals surface area contributed by atoms with Crippen LogP contribution in [0.3, 0.4) is 0 Å². The molecule has 5 rings (SSSR count). The highest BCUT2D eigenvalue weighted by Crippen LogP contribution is 2.57. The SMILES string of the molecule is C[C@@H]1CCCN(C[C@H](O)COC23CC4CC(CC(C4)C2)C3)C1. The second-order valence-corrected chi connectivity index (χ2v) is 9.07. The van der Waals surface area contributed by atoms with E-state index in [-0.39, 0.29) is 11.7 Å². The molecule has 0 aromatic carbocycles. The lowest BCUT2D eigenvalue weighted by molar-refractivity contribution is -0.176. The fourth-order valence-corrected chi connectivity index (χ4v) is 6.28. The summed E-state index contributed by atoms with van der Waals surface area (Å²) in [6.45, 7) is 5.98. The zero-order chi connectivity index (χ0) is 15.2. The molecule has 1 saturated heterocycles. The van der Waals surface area contributed by atoms with E-state index in [2.05, 4.69) is 11.8 Å². The molecule has 5 fully saturated rings. The lowest BCUT2D eigenvalue weighted by Crippen LogP contribution is -2.53. The Hall–Kier alpha value is -0.120. The largest absolute Gasteiger partial charge is 0.389 e. The van der Waals surface area contributed by atoms with Crippen molar-refractivity contribution in [2.45, 2.75) is 70.0 Å². The number of nitrogens with zero attached hydrogens (tertiary/aromatic N) is 1. The molecule has 0 spiro atoms. The van der Waals surface area contributed by atoms with Crippen LogP contribution < -0.4 is 0 Å². The van der Waals surface area contributed by atoms with Crippen LogP contribution in [0.5, 0.6) is 0 Å². The first-order valence-electron chi connectivity index (χ1n) is 9.64. The summed E-state index contributed by atoms with van der Waals surface area (Å²) in [7, 11) is 0. The van der Waals surface area contributed by atoms with E-state index in [1.54, 1.807) is 0 Å².